The fraction of sp³-hybridized carbons (Fsp3) is 0.600. The second-order valence-electron chi connectivity index (χ2n) is 5.46. The number of aryl methyl sites for hydroxylation is 1. The number of nitrogens with zero attached hydrogens (tertiary/aromatic N) is 1. The normalized spacial score (nSPS) is 10.4. The molecule has 1 heterocycles. The van der Waals surface area contributed by atoms with Crippen LogP contribution in [-0.4, -0.2) is 46.6 Å². The SMILES string of the molecule is Cc1cc(=O)[nH]c(NCNCCCCNC(=O)CCCSC(=N)N)n1. The molecule has 9 nitrogen and oxygen atoms in total. The molecule has 1 aromatic rings. The molecule has 140 valence electrons. The summed E-state index contributed by atoms with van der Waals surface area (Å²) in [6.45, 7) is 3.73. The molecule has 0 radical (unpaired) electrons. The maximum atomic E-state index is 11.6. The molecular weight excluding hydrogens is 342 g/mol. The number of amides is 1. The number of rotatable bonds is 12. The van der Waals surface area contributed by atoms with Crippen LogP contribution in [0.25, 0.3) is 0 Å². The molecule has 0 fully saturated rings. The van der Waals surface area contributed by atoms with Crippen LogP contribution >= 0.6 is 11.8 Å². The summed E-state index contributed by atoms with van der Waals surface area (Å²) in [5.74, 6) is 1.18. The zero-order chi connectivity index (χ0) is 18.5. The number of nitrogens with two attached hydrogens (primary N) is 1. The Hall–Kier alpha value is -2.07. The van der Waals surface area contributed by atoms with Crippen LogP contribution in [0.15, 0.2) is 10.9 Å². The molecule has 0 unspecified atom stereocenters. The summed E-state index contributed by atoms with van der Waals surface area (Å²) in [6, 6.07) is 1.44. The van der Waals surface area contributed by atoms with Gasteiger partial charge in [0.25, 0.3) is 5.56 Å². The number of unbranched alkanes of at least 4 members (excludes halogenated alkanes) is 1. The van der Waals surface area contributed by atoms with Crippen LogP contribution in [0, 0.1) is 12.3 Å². The van der Waals surface area contributed by atoms with E-state index in [0.717, 1.165) is 25.8 Å². The van der Waals surface area contributed by atoms with Crippen LogP contribution in [0.1, 0.15) is 31.4 Å². The minimum Gasteiger partial charge on any atom is -0.379 e. The summed E-state index contributed by atoms with van der Waals surface area (Å²) < 4.78 is 0. The molecule has 1 amide bonds. The van der Waals surface area contributed by atoms with E-state index in [9.17, 15) is 9.59 Å². The number of carbonyl (C=O) groups is 1. The van der Waals surface area contributed by atoms with Crippen molar-refractivity contribution in [3.8, 4) is 0 Å². The van der Waals surface area contributed by atoms with E-state index in [0.29, 0.717) is 37.0 Å². The number of H-pyrrole nitrogens is 1. The summed E-state index contributed by atoms with van der Waals surface area (Å²) in [7, 11) is 0. The number of hydrogen-bond acceptors (Lipinski definition) is 7. The first-order valence-electron chi connectivity index (χ1n) is 8.23. The zero-order valence-corrected chi connectivity index (χ0v) is 15.3. The maximum absolute atomic E-state index is 11.6. The molecule has 0 atom stereocenters. The maximum Gasteiger partial charge on any atom is 0.252 e. The fourth-order valence-electron chi connectivity index (χ4n) is 2.00. The van der Waals surface area contributed by atoms with Crippen LogP contribution in [0.2, 0.25) is 0 Å². The second kappa shape index (κ2) is 12.3. The average Bonchev–Trinajstić information content (AvgIpc) is 2.53. The summed E-state index contributed by atoms with van der Waals surface area (Å²) in [6.07, 6.45) is 3.00. The van der Waals surface area contributed by atoms with Gasteiger partial charge in [0.15, 0.2) is 5.17 Å². The summed E-state index contributed by atoms with van der Waals surface area (Å²) in [5.41, 5.74) is 5.71. The number of nitrogens with one attached hydrogen (secondary N) is 5. The van der Waals surface area contributed by atoms with Crippen molar-refractivity contribution in [1.29, 1.82) is 5.41 Å². The van der Waals surface area contributed by atoms with Crippen molar-refractivity contribution < 1.29 is 4.79 Å². The van der Waals surface area contributed by atoms with E-state index in [1.165, 1.54) is 17.8 Å². The quantitative estimate of drug-likeness (QED) is 0.135. The first-order chi connectivity index (χ1) is 12.0. The molecule has 0 saturated carbocycles. The zero-order valence-electron chi connectivity index (χ0n) is 14.5. The third kappa shape index (κ3) is 11.2. The lowest BCUT2D eigenvalue weighted by Crippen LogP contribution is -2.27. The highest BCUT2D eigenvalue weighted by molar-refractivity contribution is 8.13. The molecule has 0 aliphatic heterocycles. The van der Waals surface area contributed by atoms with Gasteiger partial charge in [-0.05, 0) is 32.7 Å². The molecular formula is C15H27N7O2S. The largest absolute Gasteiger partial charge is 0.379 e. The first kappa shape index (κ1) is 21.0. The number of hydrogen-bond donors (Lipinski definition) is 6. The van der Waals surface area contributed by atoms with Gasteiger partial charge in [0.1, 0.15) is 0 Å². The fourth-order valence-corrected chi connectivity index (χ4v) is 2.51. The number of thioether (sulfide) groups is 1. The molecule has 7 N–H and O–H groups in total. The van der Waals surface area contributed by atoms with E-state index in [1.54, 1.807) is 6.92 Å². The number of anilines is 1. The standard InChI is InChI=1S/C15H27N7O2S/c1-11-9-13(24)22-15(21-11)20-10-18-6-2-3-7-19-12(23)5-4-8-25-14(16)17/h9,18H,2-8,10H2,1H3,(H3,16,17)(H,19,23)(H2,20,21,22,24). The lowest BCUT2D eigenvalue weighted by atomic mass is 10.3. The van der Waals surface area contributed by atoms with Crippen molar-refractivity contribution in [3.05, 3.63) is 22.1 Å². The second-order valence-corrected chi connectivity index (χ2v) is 6.60. The van der Waals surface area contributed by atoms with Gasteiger partial charge in [-0.25, -0.2) is 4.98 Å². The van der Waals surface area contributed by atoms with E-state index >= 15 is 0 Å². The Morgan fingerprint density at radius 2 is 2.12 bits per heavy atom. The third-order valence-electron chi connectivity index (χ3n) is 3.16. The Morgan fingerprint density at radius 3 is 2.84 bits per heavy atom. The number of carbonyl (C=O) groups excluding carboxylic acids is 1. The monoisotopic (exact) mass is 369 g/mol. The molecule has 0 bridgehead atoms. The number of aromatic nitrogens is 2. The smallest absolute Gasteiger partial charge is 0.252 e. The van der Waals surface area contributed by atoms with Gasteiger partial charge in [0.05, 0.1) is 6.67 Å². The predicted molar refractivity (Wildman–Crippen MR) is 102 cm³/mol. The van der Waals surface area contributed by atoms with Crippen molar-refractivity contribution >= 4 is 28.8 Å². The van der Waals surface area contributed by atoms with Crippen LogP contribution in [0.4, 0.5) is 5.95 Å². The third-order valence-corrected chi connectivity index (χ3v) is 3.96. The number of amidine groups is 1. The van der Waals surface area contributed by atoms with Gasteiger partial charge in [0, 0.05) is 30.5 Å². The van der Waals surface area contributed by atoms with Gasteiger partial charge in [0.2, 0.25) is 11.9 Å². The van der Waals surface area contributed by atoms with Crippen molar-refractivity contribution in [2.75, 3.05) is 30.8 Å². The molecule has 0 aromatic carbocycles. The van der Waals surface area contributed by atoms with Crippen LogP contribution in [-0.2, 0) is 4.79 Å². The predicted octanol–water partition coefficient (Wildman–Crippen LogP) is 0.341. The van der Waals surface area contributed by atoms with Gasteiger partial charge in [-0.3, -0.25) is 25.3 Å². The van der Waals surface area contributed by atoms with Gasteiger partial charge >= 0.3 is 0 Å². The Kier molecular flexibility index (Phi) is 10.3. The van der Waals surface area contributed by atoms with Gasteiger partial charge < -0.3 is 16.4 Å². The molecule has 1 rings (SSSR count). The van der Waals surface area contributed by atoms with Crippen molar-refractivity contribution in [2.24, 2.45) is 5.73 Å². The van der Waals surface area contributed by atoms with Gasteiger partial charge in [-0.2, -0.15) is 0 Å². The highest BCUT2D eigenvalue weighted by Crippen LogP contribution is 2.02. The molecule has 1 aromatic heterocycles. The lowest BCUT2D eigenvalue weighted by molar-refractivity contribution is -0.121. The van der Waals surface area contributed by atoms with Crippen molar-refractivity contribution in [2.45, 2.75) is 32.6 Å². The van der Waals surface area contributed by atoms with Crippen molar-refractivity contribution in [1.82, 2.24) is 20.6 Å². The summed E-state index contributed by atoms with van der Waals surface area (Å²) in [5, 5.41) is 16.2. The molecule has 0 spiro atoms. The van der Waals surface area contributed by atoms with E-state index in [-0.39, 0.29) is 16.6 Å². The average molecular weight is 369 g/mol. The van der Waals surface area contributed by atoms with E-state index in [1.807, 2.05) is 0 Å². The highest BCUT2D eigenvalue weighted by atomic mass is 32.2. The highest BCUT2D eigenvalue weighted by Gasteiger charge is 2.01. The van der Waals surface area contributed by atoms with E-state index in [2.05, 4.69) is 25.9 Å². The van der Waals surface area contributed by atoms with Crippen LogP contribution in [0.3, 0.4) is 0 Å². The van der Waals surface area contributed by atoms with E-state index in [4.69, 9.17) is 11.1 Å². The first-order valence-corrected chi connectivity index (χ1v) is 9.22. The molecule has 25 heavy (non-hydrogen) atoms. The van der Waals surface area contributed by atoms with E-state index < -0.39 is 0 Å². The number of aromatic amines is 1. The lowest BCUT2D eigenvalue weighted by Gasteiger charge is -2.08. The summed E-state index contributed by atoms with van der Waals surface area (Å²) >= 11 is 1.26. The Morgan fingerprint density at radius 1 is 1.36 bits per heavy atom. The minimum absolute atomic E-state index is 0.0354. The Labute approximate surface area is 151 Å². The minimum atomic E-state index is -0.175. The van der Waals surface area contributed by atoms with Gasteiger partial charge in [-0.1, -0.05) is 11.8 Å². The Bertz CT molecular complexity index is 606. The molecule has 0 saturated heterocycles. The van der Waals surface area contributed by atoms with Gasteiger partial charge in [-0.15, -0.1) is 0 Å². The molecule has 0 aliphatic carbocycles. The molecule has 0 aliphatic rings. The molecule has 10 heteroatoms. The Balaban J connectivity index is 1.95. The van der Waals surface area contributed by atoms with Crippen LogP contribution < -0.4 is 27.2 Å². The summed E-state index contributed by atoms with van der Waals surface area (Å²) in [4.78, 5) is 29.6. The topological polar surface area (TPSA) is 149 Å². The van der Waals surface area contributed by atoms with Crippen molar-refractivity contribution in [3.63, 3.8) is 0 Å². The van der Waals surface area contributed by atoms with Crippen LogP contribution in [0.5, 0.6) is 0 Å².